The summed E-state index contributed by atoms with van der Waals surface area (Å²) in [6, 6.07) is 6.80. The van der Waals surface area contributed by atoms with E-state index >= 15 is 0 Å². The first kappa shape index (κ1) is 20.3. The number of aryl methyl sites for hydroxylation is 2. The van der Waals surface area contributed by atoms with E-state index in [0.717, 1.165) is 27.9 Å². The number of rotatable bonds is 5. The number of amides is 1. The van der Waals surface area contributed by atoms with E-state index in [1.807, 2.05) is 31.2 Å². The van der Waals surface area contributed by atoms with Crippen molar-refractivity contribution in [2.75, 3.05) is 13.2 Å². The van der Waals surface area contributed by atoms with Crippen LogP contribution in [0.4, 0.5) is 0 Å². The fourth-order valence-electron chi connectivity index (χ4n) is 3.97. The van der Waals surface area contributed by atoms with Gasteiger partial charge in [-0.2, -0.15) is 0 Å². The SMILES string of the molecule is Cc1nc(C)c(C(=O)C2=C(O)C(=O)N(CC3CCCO3)C2c2cccc(Br)c2)s1. The molecule has 8 heteroatoms. The number of halogens is 1. The van der Waals surface area contributed by atoms with Crippen molar-refractivity contribution in [1.82, 2.24) is 9.88 Å². The molecule has 1 aromatic heterocycles. The Labute approximate surface area is 181 Å². The minimum absolute atomic E-state index is 0.0942. The average molecular weight is 477 g/mol. The van der Waals surface area contributed by atoms with Crippen molar-refractivity contribution in [1.29, 1.82) is 0 Å². The zero-order chi connectivity index (χ0) is 20.7. The van der Waals surface area contributed by atoms with Gasteiger partial charge in [-0.1, -0.05) is 28.1 Å². The number of nitrogens with zero attached hydrogens (tertiary/aromatic N) is 2. The Morgan fingerprint density at radius 3 is 2.83 bits per heavy atom. The van der Waals surface area contributed by atoms with Gasteiger partial charge in [0, 0.05) is 17.6 Å². The summed E-state index contributed by atoms with van der Waals surface area (Å²) in [4.78, 5) is 32.7. The summed E-state index contributed by atoms with van der Waals surface area (Å²) in [5.41, 5.74) is 1.48. The Bertz CT molecular complexity index is 1010. The smallest absolute Gasteiger partial charge is 0.290 e. The van der Waals surface area contributed by atoms with Gasteiger partial charge in [-0.3, -0.25) is 9.59 Å². The molecule has 6 nitrogen and oxygen atoms in total. The summed E-state index contributed by atoms with van der Waals surface area (Å²) in [5, 5.41) is 11.5. The van der Waals surface area contributed by atoms with Crippen LogP contribution in [0.3, 0.4) is 0 Å². The quantitative estimate of drug-likeness (QED) is 0.651. The van der Waals surface area contributed by atoms with Gasteiger partial charge in [0.1, 0.15) is 0 Å². The number of aliphatic hydroxyl groups excluding tert-OH is 1. The number of carbonyl (C=O) groups excluding carboxylic acids is 2. The van der Waals surface area contributed by atoms with E-state index in [4.69, 9.17) is 4.74 Å². The molecule has 152 valence electrons. The lowest BCUT2D eigenvalue weighted by molar-refractivity contribution is -0.131. The van der Waals surface area contributed by atoms with Crippen LogP contribution < -0.4 is 0 Å². The van der Waals surface area contributed by atoms with Crippen LogP contribution in [0.2, 0.25) is 0 Å². The number of ketones is 1. The third kappa shape index (κ3) is 3.76. The molecular formula is C21H21BrN2O4S. The largest absolute Gasteiger partial charge is 0.503 e. The molecule has 29 heavy (non-hydrogen) atoms. The number of aliphatic hydroxyl groups is 1. The van der Waals surface area contributed by atoms with Crippen molar-refractivity contribution in [2.24, 2.45) is 0 Å². The van der Waals surface area contributed by atoms with Gasteiger partial charge in [0.25, 0.3) is 5.91 Å². The number of benzene rings is 1. The van der Waals surface area contributed by atoms with E-state index < -0.39 is 17.7 Å². The molecule has 2 aliphatic rings. The summed E-state index contributed by atoms with van der Waals surface area (Å²) < 4.78 is 6.55. The van der Waals surface area contributed by atoms with Gasteiger partial charge in [-0.05, 0) is 44.4 Å². The predicted molar refractivity (Wildman–Crippen MR) is 113 cm³/mol. The van der Waals surface area contributed by atoms with Crippen LogP contribution in [0, 0.1) is 13.8 Å². The highest BCUT2D eigenvalue weighted by molar-refractivity contribution is 9.10. The Balaban J connectivity index is 1.79. The van der Waals surface area contributed by atoms with Gasteiger partial charge in [0.15, 0.2) is 5.76 Å². The molecule has 0 bridgehead atoms. The number of ether oxygens (including phenoxy) is 1. The first-order valence-corrected chi connectivity index (χ1v) is 11.1. The van der Waals surface area contributed by atoms with E-state index in [0.29, 0.717) is 23.7 Å². The first-order chi connectivity index (χ1) is 13.9. The minimum Gasteiger partial charge on any atom is -0.503 e. The van der Waals surface area contributed by atoms with E-state index in [9.17, 15) is 14.7 Å². The Morgan fingerprint density at radius 2 is 2.21 bits per heavy atom. The minimum atomic E-state index is -0.668. The second-order valence-electron chi connectivity index (χ2n) is 7.29. The molecular weight excluding hydrogens is 456 g/mol. The summed E-state index contributed by atoms with van der Waals surface area (Å²) >= 11 is 4.74. The number of Topliss-reactive ketones (excluding diaryl/α,β-unsaturated/α-hetero) is 1. The maximum absolute atomic E-state index is 13.4. The lowest BCUT2D eigenvalue weighted by atomic mass is 9.95. The second kappa shape index (κ2) is 8.01. The third-order valence-corrected chi connectivity index (χ3v) is 6.81. The zero-order valence-corrected chi connectivity index (χ0v) is 18.5. The molecule has 2 unspecified atom stereocenters. The van der Waals surface area contributed by atoms with E-state index in [1.165, 1.54) is 11.3 Å². The van der Waals surface area contributed by atoms with Crippen molar-refractivity contribution in [3.8, 4) is 0 Å². The standard InChI is InChI=1S/C21H21BrN2O4S/c1-11-20(29-12(2)23-11)18(25)16-17(13-5-3-6-14(22)9-13)24(21(27)19(16)26)10-15-7-4-8-28-15/h3,5-6,9,15,17,26H,4,7-8,10H2,1-2H3. The van der Waals surface area contributed by atoms with E-state index in [2.05, 4.69) is 20.9 Å². The number of carbonyl (C=O) groups is 2. The van der Waals surface area contributed by atoms with Crippen molar-refractivity contribution in [3.63, 3.8) is 0 Å². The molecule has 3 heterocycles. The molecule has 2 atom stereocenters. The molecule has 1 N–H and O–H groups in total. The van der Waals surface area contributed by atoms with Crippen molar-refractivity contribution in [3.05, 3.63) is 61.2 Å². The second-order valence-corrected chi connectivity index (χ2v) is 9.41. The summed E-state index contributed by atoms with van der Waals surface area (Å²) in [6.07, 6.45) is 1.70. The van der Waals surface area contributed by atoms with Crippen LogP contribution in [0.15, 0.2) is 40.1 Å². The normalized spacial score (nSPS) is 22.0. The van der Waals surface area contributed by atoms with Gasteiger partial charge >= 0.3 is 0 Å². The number of hydrogen-bond acceptors (Lipinski definition) is 6. The van der Waals surface area contributed by atoms with Gasteiger partial charge in [0.05, 0.1) is 33.3 Å². The first-order valence-electron chi connectivity index (χ1n) is 9.46. The van der Waals surface area contributed by atoms with Crippen LogP contribution in [0.1, 0.15) is 44.8 Å². The molecule has 0 radical (unpaired) electrons. The zero-order valence-electron chi connectivity index (χ0n) is 16.1. The number of thiazole rings is 1. The highest BCUT2D eigenvalue weighted by Crippen LogP contribution is 2.41. The third-order valence-electron chi connectivity index (χ3n) is 5.25. The molecule has 4 rings (SSSR count). The Hall–Kier alpha value is -2.03. The van der Waals surface area contributed by atoms with Crippen LogP contribution in [0.5, 0.6) is 0 Å². The van der Waals surface area contributed by atoms with Crippen LogP contribution in [-0.4, -0.2) is 45.9 Å². The van der Waals surface area contributed by atoms with E-state index in [1.54, 1.807) is 11.8 Å². The molecule has 2 aliphatic heterocycles. The van der Waals surface area contributed by atoms with Gasteiger partial charge in [0.2, 0.25) is 5.78 Å². The van der Waals surface area contributed by atoms with E-state index in [-0.39, 0.29) is 17.5 Å². The summed E-state index contributed by atoms with van der Waals surface area (Å²) in [5.74, 6) is -1.37. The van der Waals surface area contributed by atoms with Crippen molar-refractivity contribution in [2.45, 2.75) is 38.8 Å². The fourth-order valence-corrected chi connectivity index (χ4v) is 5.26. The molecule has 0 aliphatic carbocycles. The molecule has 0 spiro atoms. The number of hydrogen-bond donors (Lipinski definition) is 1. The molecule has 0 saturated carbocycles. The van der Waals surface area contributed by atoms with Crippen molar-refractivity contribution < 1.29 is 19.4 Å². The highest BCUT2D eigenvalue weighted by atomic mass is 79.9. The molecule has 2 aromatic rings. The fraction of sp³-hybridized carbons (Fsp3) is 0.381. The summed E-state index contributed by atoms with van der Waals surface area (Å²) in [7, 11) is 0. The topological polar surface area (TPSA) is 79.7 Å². The van der Waals surface area contributed by atoms with Crippen LogP contribution in [-0.2, 0) is 9.53 Å². The Morgan fingerprint density at radius 1 is 1.41 bits per heavy atom. The number of aromatic nitrogens is 1. The summed E-state index contributed by atoms with van der Waals surface area (Å²) in [6.45, 7) is 4.59. The van der Waals surface area contributed by atoms with Crippen molar-refractivity contribution >= 4 is 39.0 Å². The van der Waals surface area contributed by atoms with Crippen LogP contribution in [0.25, 0.3) is 0 Å². The molecule has 1 saturated heterocycles. The molecule has 1 aromatic carbocycles. The molecule has 1 fully saturated rings. The maximum atomic E-state index is 13.4. The Kier molecular flexibility index (Phi) is 5.59. The van der Waals surface area contributed by atoms with Gasteiger partial charge in [-0.25, -0.2) is 4.98 Å². The van der Waals surface area contributed by atoms with Gasteiger partial charge in [-0.15, -0.1) is 11.3 Å². The van der Waals surface area contributed by atoms with Crippen LogP contribution >= 0.6 is 27.3 Å². The maximum Gasteiger partial charge on any atom is 0.290 e. The predicted octanol–water partition coefficient (Wildman–Crippen LogP) is 4.28. The average Bonchev–Trinajstić information content (AvgIpc) is 3.37. The lowest BCUT2D eigenvalue weighted by Gasteiger charge is -2.29. The monoisotopic (exact) mass is 476 g/mol. The molecule has 1 amide bonds. The van der Waals surface area contributed by atoms with Gasteiger partial charge < -0.3 is 14.7 Å². The lowest BCUT2D eigenvalue weighted by Crippen LogP contribution is -2.37. The highest BCUT2D eigenvalue weighted by Gasteiger charge is 2.45.